The van der Waals surface area contributed by atoms with E-state index in [9.17, 15) is 17.6 Å². The molecule has 6 heterocycles. The number of piperazine rings is 1. The molecule has 9 nitrogen and oxygen atoms in total. The molecule has 0 amide bonds. The van der Waals surface area contributed by atoms with E-state index in [2.05, 4.69) is 35.4 Å². The average molecular weight is 557 g/mol. The SMILES string of the molecule is F[C@H]1CN2CCC[C@@]2(COc2nc(N3CCNCC3)c3cnc(-c4cccc5[nH]ncc45)c(C(F)(F)F)c3n2)C1. The van der Waals surface area contributed by atoms with Crippen molar-refractivity contribution in [1.82, 2.24) is 35.4 Å². The predicted molar refractivity (Wildman–Crippen MR) is 141 cm³/mol. The maximum absolute atomic E-state index is 14.9. The van der Waals surface area contributed by atoms with Crippen molar-refractivity contribution in [2.24, 2.45) is 0 Å². The third-order valence-corrected chi connectivity index (χ3v) is 8.37. The van der Waals surface area contributed by atoms with Crippen LogP contribution in [0.4, 0.5) is 23.4 Å². The second-order valence-corrected chi connectivity index (χ2v) is 10.8. The molecule has 3 aliphatic heterocycles. The van der Waals surface area contributed by atoms with Gasteiger partial charge in [-0.15, -0.1) is 0 Å². The number of aromatic amines is 1. The molecule has 2 atom stereocenters. The van der Waals surface area contributed by atoms with E-state index in [0.29, 0.717) is 61.4 Å². The molecular formula is C27H28F4N8O. The molecule has 0 bridgehead atoms. The molecule has 4 aromatic rings. The summed E-state index contributed by atoms with van der Waals surface area (Å²) in [5.41, 5.74) is -1.05. The van der Waals surface area contributed by atoms with Crippen molar-refractivity contribution in [3.05, 3.63) is 36.2 Å². The number of aromatic nitrogens is 5. The zero-order valence-electron chi connectivity index (χ0n) is 21.6. The molecule has 1 aromatic carbocycles. The maximum Gasteiger partial charge on any atom is 0.420 e. The molecule has 3 aromatic heterocycles. The molecule has 0 unspecified atom stereocenters. The van der Waals surface area contributed by atoms with Crippen molar-refractivity contribution in [1.29, 1.82) is 0 Å². The zero-order valence-corrected chi connectivity index (χ0v) is 21.6. The van der Waals surface area contributed by atoms with Gasteiger partial charge in [0, 0.05) is 56.3 Å². The summed E-state index contributed by atoms with van der Waals surface area (Å²) in [5, 5.41) is 10.8. The fourth-order valence-corrected chi connectivity index (χ4v) is 6.53. The lowest BCUT2D eigenvalue weighted by Crippen LogP contribution is -2.44. The number of ether oxygens (including phenoxy) is 1. The highest BCUT2D eigenvalue weighted by atomic mass is 19.4. The van der Waals surface area contributed by atoms with Crippen molar-refractivity contribution in [2.75, 3.05) is 50.8 Å². The van der Waals surface area contributed by atoms with Gasteiger partial charge in [0.25, 0.3) is 0 Å². The van der Waals surface area contributed by atoms with Gasteiger partial charge in [-0.25, -0.2) is 4.39 Å². The van der Waals surface area contributed by atoms with Crippen LogP contribution in [0, 0.1) is 0 Å². The molecule has 3 aliphatic rings. The van der Waals surface area contributed by atoms with E-state index in [4.69, 9.17) is 4.74 Å². The van der Waals surface area contributed by atoms with Gasteiger partial charge in [0.2, 0.25) is 0 Å². The maximum atomic E-state index is 14.9. The third kappa shape index (κ3) is 4.22. The van der Waals surface area contributed by atoms with Gasteiger partial charge in [-0.05, 0) is 25.5 Å². The minimum absolute atomic E-state index is 0.119. The van der Waals surface area contributed by atoms with Crippen molar-refractivity contribution < 1.29 is 22.3 Å². The summed E-state index contributed by atoms with van der Waals surface area (Å²) in [5.74, 6) is 0.350. The third-order valence-electron chi connectivity index (χ3n) is 8.37. The Labute approximate surface area is 226 Å². The Morgan fingerprint density at radius 2 is 1.93 bits per heavy atom. The van der Waals surface area contributed by atoms with Gasteiger partial charge >= 0.3 is 12.2 Å². The molecule has 0 radical (unpaired) electrons. The van der Waals surface area contributed by atoms with E-state index in [1.807, 2.05) is 4.90 Å². The Bertz CT molecular complexity index is 1570. The van der Waals surface area contributed by atoms with Crippen LogP contribution < -0.4 is 15.0 Å². The number of nitrogens with zero attached hydrogens (tertiary/aromatic N) is 6. The monoisotopic (exact) mass is 556 g/mol. The van der Waals surface area contributed by atoms with Crippen LogP contribution in [-0.2, 0) is 6.18 Å². The van der Waals surface area contributed by atoms with Crippen LogP contribution in [0.3, 0.4) is 0 Å². The first kappa shape index (κ1) is 25.4. The second kappa shape index (κ2) is 9.51. The minimum Gasteiger partial charge on any atom is -0.461 e. The van der Waals surface area contributed by atoms with E-state index < -0.39 is 23.5 Å². The number of fused-ring (bicyclic) bond motifs is 3. The molecule has 40 heavy (non-hydrogen) atoms. The first-order valence-electron chi connectivity index (χ1n) is 13.5. The molecule has 3 fully saturated rings. The Morgan fingerprint density at radius 1 is 1.07 bits per heavy atom. The minimum atomic E-state index is -4.77. The first-order valence-corrected chi connectivity index (χ1v) is 13.5. The van der Waals surface area contributed by atoms with Gasteiger partial charge in [0.05, 0.1) is 33.8 Å². The van der Waals surface area contributed by atoms with Crippen molar-refractivity contribution in [3.63, 3.8) is 0 Å². The highest BCUT2D eigenvalue weighted by molar-refractivity contribution is 5.99. The molecule has 0 spiro atoms. The molecule has 0 aliphatic carbocycles. The number of halogens is 4. The molecule has 2 N–H and O–H groups in total. The average Bonchev–Trinajstić information content (AvgIpc) is 3.65. The van der Waals surface area contributed by atoms with Gasteiger partial charge < -0.3 is 15.0 Å². The molecule has 7 rings (SSSR count). The Balaban J connectivity index is 1.39. The summed E-state index contributed by atoms with van der Waals surface area (Å²) in [6, 6.07) is 4.86. The lowest BCUT2D eigenvalue weighted by atomic mass is 9.95. The summed E-state index contributed by atoms with van der Waals surface area (Å²) < 4.78 is 65.1. The largest absolute Gasteiger partial charge is 0.461 e. The number of hydrogen-bond acceptors (Lipinski definition) is 8. The van der Waals surface area contributed by atoms with E-state index in [1.54, 1.807) is 18.2 Å². The molecule has 210 valence electrons. The smallest absolute Gasteiger partial charge is 0.420 e. The lowest BCUT2D eigenvalue weighted by molar-refractivity contribution is -0.136. The van der Waals surface area contributed by atoms with Gasteiger partial charge in [0.15, 0.2) is 0 Å². The second-order valence-electron chi connectivity index (χ2n) is 10.8. The predicted octanol–water partition coefficient (Wildman–Crippen LogP) is 3.95. The highest BCUT2D eigenvalue weighted by Gasteiger charge is 2.49. The van der Waals surface area contributed by atoms with Crippen molar-refractivity contribution in [3.8, 4) is 17.3 Å². The first-order chi connectivity index (χ1) is 19.3. The quantitative estimate of drug-likeness (QED) is 0.357. The molecular weight excluding hydrogens is 528 g/mol. The fraction of sp³-hybridized carbons (Fsp3) is 0.481. The van der Waals surface area contributed by atoms with Crippen LogP contribution in [-0.4, -0.2) is 87.6 Å². The Hall–Kier alpha value is -3.58. The van der Waals surface area contributed by atoms with Gasteiger partial charge in [0.1, 0.15) is 24.2 Å². The molecule has 13 heteroatoms. The number of pyridine rings is 1. The van der Waals surface area contributed by atoms with Crippen LogP contribution in [0.2, 0.25) is 0 Å². The fourth-order valence-electron chi connectivity index (χ4n) is 6.53. The van der Waals surface area contributed by atoms with Crippen LogP contribution in [0.5, 0.6) is 6.01 Å². The Kier molecular flexibility index (Phi) is 6.04. The number of anilines is 1. The van der Waals surface area contributed by atoms with E-state index in [1.165, 1.54) is 12.4 Å². The normalized spacial score (nSPS) is 23.8. The standard InChI is InChI=1S/C27H28F4N8O/c28-16-11-26(5-2-8-39(26)14-16)15-40-25-35-23-19(24(36-25)38-9-6-32-7-10-38)12-33-22(21(23)27(29,30)31)17-3-1-4-20-18(17)13-34-37-20/h1,3-4,12-13,16,32H,2,5-11,14-15H2,(H,34,37)/t16-,26+/m1/s1. The number of benzene rings is 1. The van der Waals surface area contributed by atoms with E-state index in [0.717, 1.165) is 19.4 Å². The summed E-state index contributed by atoms with van der Waals surface area (Å²) in [7, 11) is 0. The van der Waals surface area contributed by atoms with Crippen LogP contribution in [0.15, 0.2) is 30.6 Å². The summed E-state index contributed by atoms with van der Waals surface area (Å²) >= 11 is 0. The van der Waals surface area contributed by atoms with Gasteiger partial charge in [-0.2, -0.15) is 28.2 Å². The van der Waals surface area contributed by atoms with Crippen molar-refractivity contribution >= 4 is 27.6 Å². The summed E-state index contributed by atoms with van der Waals surface area (Å²) in [6.45, 7) is 3.69. The van der Waals surface area contributed by atoms with Gasteiger partial charge in [-0.1, -0.05) is 12.1 Å². The van der Waals surface area contributed by atoms with Gasteiger partial charge in [-0.3, -0.25) is 15.0 Å². The van der Waals surface area contributed by atoms with Crippen LogP contribution >= 0.6 is 0 Å². The summed E-state index contributed by atoms with van der Waals surface area (Å²) in [6.07, 6.45) is -0.786. The lowest BCUT2D eigenvalue weighted by Gasteiger charge is -2.32. The number of hydrogen-bond donors (Lipinski definition) is 2. The number of nitrogens with one attached hydrogen (secondary N) is 2. The Morgan fingerprint density at radius 3 is 2.75 bits per heavy atom. The van der Waals surface area contributed by atoms with Crippen LogP contribution in [0.1, 0.15) is 24.8 Å². The molecule has 0 saturated carbocycles. The van der Waals surface area contributed by atoms with Crippen molar-refractivity contribution in [2.45, 2.75) is 37.1 Å². The highest BCUT2D eigenvalue weighted by Crippen LogP contribution is 2.44. The topological polar surface area (TPSA) is 95.1 Å². The van der Waals surface area contributed by atoms with Crippen LogP contribution in [0.25, 0.3) is 33.1 Å². The number of H-pyrrole nitrogens is 1. The van der Waals surface area contributed by atoms with E-state index >= 15 is 0 Å². The summed E-state index contributed by atoms with van der Waals surface area (Å²) in [4.78, 5) is 17.3. The number of rotatable bonds is 5. The zero-order chi connectivity index (χ0) is 27.5. The number of alkyl halides is 4. The van der Waals surface area contributed by atoms with E-state index in [-0.39, 0.29) is 29.2 Å². The molecule has 3 saturated heterocycles.